The van der Waals surface area contributed by atoms with Gasteiger partial charge in [-0.05, 0) is 22.9 Å². The fraction of sp³-hybridized carbons (Fsp3) is 0. The maximum atomic E-state index is 9.54. The highest BCUT2D eigenvalue weighted by atomic mass is 16.5. The Morgan fingerprint density at radius 3 is 1.31 bits per heavy atom. The van der Waals surface area contributed by atoms with Gasteiger partial charge in [0.2, 0.25) is 0 Å². The van der Waals surface area contributed by atoms with Crippen molar-refractivity contribution in [2.45, 2.75) is 0 Å². The maximum absolute atomic E-state index is 9.54. The molecule has 0 saturated heterocycles. The van der Waals surface area contributed by atoms with E-state index in [-0.39, 0.29) is 11.1 Å². The topological polar surface area (TPSA) is 66.0 Å². The first-order valence-corrected chi connectivity index (χ1v) is 10.1. The average Bonchev–Trinajstić information content (AvgIpc) is 2.85. The van der Waals surface area contributed by atoms with Crippen molar-refractivity contribution >= 4 is 21.5 Å². The van der Waals surface area contributed by atoms with E-state index in [4.69, 9.17) is 9.47 Å². The van der Waals surface area contributed by atoms with Gasteiger partial charge in [-0.3, -0.25) is 0 Å². The fourth-order valence-electron chi connectivity index (χ4n) is 3.71. The van der Waals surface area contributed by atoms with E-state index in [9.17, 15) is 10.5 Å². The van der Waals surface area contributed by atoms with Crippen LogP contribution in [0.5, 0.6) is 23.0 Å². The van der Waals surface area contributed by atoms with Crippen molar-refractivity contribution < 1.29 is 9.47 Å². The number of fused-ring (bicyclic) bond motifs is 2. The molecule has 0 fully saturated rings. The Labute approximate surface area is 185 Å². The van der Waals surface area contributed by atoms with Gasteiger partial charge in [0.15, 0.2) is 11.5 Å². The van der Waals surface area contributed by atoms with Gasteiger partial charge in [-0.25, -0.2) is 0 Å². The minimum atomic E-state index is 0.230. The molecule has 5 aromatic rings. The van der Waals surface area contributed by atoms with Crippen LogP contribution < -0.4 is 9.47 Å². The summed E-state index contributed by atoms with van der Waals surface area (Å²) in [6.45, 7) is 0. The summed E-state index contributed by atoms with van der Waals surface area (Å²) in [6, 6.07) is 34.6. The second kappa shape index (κ2) is 8.14. The Kier molecular flexibility index (Phi) is 4.88. The molecular weight excluding hydrogens is 396 g/mol. The van der Waals surface area contributed by atoms with Crippen molar-refractivity contribution in [1.29, 1.82) is 10.5 Å². The Morgan fingerprint density at radius 2 is 0.875 bits per heavy atom. The Balaban J connectivity index is 1.65. The normalized spacial score (nSPS) is 10.4. The van der Waals surface area contributed by atoms with Crippen LogP contribution in [-0.2, 0) is 0 Å². The van der Waals surface area contributed by atoms with Crippen molar-refractivity contribution in [2.24, 2.45) is 0 Å². The highest BCUT2D eigenvalue weighted by Crippen LogP contribution is 2.40. The quantitative estimate of drug-likeness (QED) is 0.310. The molecule has 4 nitrogen and oxygen atoms in total. The number of ether oxygens (including phenoxy) is 2. The first-order valence-electron chi connectivity index (χ1n) is 10.1. The minimum Gasteiger partial charge on any atom is -0.453 e. The largest absolute Gasteiger partial charge is 0.453 e. The van der Waals surface area contributed by atoms with Gasteiger partial charge < -0.3 is 9.47 Å². The molecule has 0 aliphatic carbocycles. The second-order valence-corrected chi connectivity index (χ2v) is 7.23. The molecule has 0 heterocycles. The second-order valence-electron chi connectivity index (χ2n) is 7.23. The van der Waals surface area contributed by atoms with E-state index in [1.54, 1.807) is 12.1 Å². The van der Waals surface area contributed by atoms with E-state index >= 15 is 0 Å². The molecule has 0 radical (unpaired) electrons. The fourth-order valence-corrected chi connectivity index (χ4v) is 3.71. The number of rotatable bonds is 4. The van der Waals surface area contributed by atoms with Crippen LogP contribution >= 0.6 is 0 Å². The van der Waals surface area contributed by atoms with Crippen molar-refractivity contribution in [1.82, 2.24) is 0 Å². The van der Waals surface area contributed by atoms with E-state index in [1.807, 2.05) is 84.9 Å². The zero-order valence-electron chi connectivity index (χ0n) is 16.9. The van der Waals surface area contributed by atoms with Gasteiger partial charge in [0.25, 0.3) is 0 Å². The lowest BCUT2D eigenvalue weighted by molar-refractivity contribution is 0.423. The molecule has 0 amide bonds. The van der Waals surface area contributed by atoms with Crippen LogP contribution in [0.15, 0.2) is 97.1 Å². The van der Waals surface area contributed by atoms with Gasteiger partial charge in [-0.1, -0.05) is 72.8 Å². The van der Waals surface area contributed by atoms with Gasteiger partial charge in [0.1, 0.15) is 23.6 Å². The highest BCUT2D eigenvalue weighted by molar-refractivity contribution is 5.89. The lowest BCUT2D eigenvalue weighted by Gasteiger charge is -2.16. The Hall–Kier alpha value is -4.80. The summed E-state index contributed by atoms with van der Waals surface area (Å²) < 4.78 is 12.5. The van der Waals surface area contributed by atoms with E-state index in [0.717, 1.165) is 21.5 Å². The summed E-state index contributed by atoms with van der Waals surface area (Å²) >= 11 is 0. The minimum absolute atomic E-state index is 0.230. The third kappa shape index (κ3) is 3.47. The number of nitriles is 2. The third-order valence-electron chi connectivity index (χ3n) is 5.26. The lowest BCUT2D eigenvalue weighted by atomic mass is 10.1. The van der Waals surface area contributed by atoms with Gasteiger partial charge in [-0.2, -0.15) is 10.5 Å². The summed E-state index contributed by atoms with van der Waals surface area (Å²) in [4.78, 5) is 0. The van der Waals surface area contributed by atoms with Gasteiger partial charge in [-0.15, -0.1) is 0 Å². The van der Waals surface area contributed by atoms with E-state index in [1.165, 1.54) is 0 Å². The van der Waals surface area contributed by atoms with Crippen molar-refractivity contribution in [3.8, 4) is 35.1 Å². The number of benzene rings is 5. The predicted octanol–water partition coefficient (Wildman–Crippen LogP) is 7.32. The number of nitrogens with zero attached hydrogens (tertiary/aromatic N) is 2. The van der Waals surface area contributed by atoms with Gasteiger partial charge in [0, 0.05) is 22.9 Å². The SMILES string of the molecule is N#Cc1cc(Oc2cccc3ccccc23)c(Oc2cccc3ccccc23)cc1C#N. The molecule has 4 heteroatoms. The molecule has 5 aromatic carbocycles. The average molecular weight is 412 g/mol. The van der Waals surface area contributed by atoms with Crippen molar-refractivity contribution in [2.75, 3.05) is 0 Å². The molecule has 0 spiro atoms. The van der Waals surface area contributed by atoms with Crippen LogP contribution in [0.25, 0.3) is 21.5 Å². The monoisotopic (exact) mass is 412 g/mol. The molecule has 0 bridgehead atoms. The van der Waals surface area contributed by atoms with Crippen molar-refractivity contribution in [3.63, 3.8) is 0 Å². The van der Waals surface area contributed by atoms with Crippen LogP contribution in [0, 0.1) is 22.7 Å². The molecular formula is C28H16N2O2. The van der Waals surface area contributed by atoms with Crippen LogP contribution in [0.3, 0.4) is 0 Å². The first kappa shape index (κ1) is 19.2. The molecule has 5 rings (SSSR count). The molecule has 0 atom stereocenters. The lowest BCUT2D eigenvalue weighted by Crippen LogP contribution is -1.95. The predicted molar refractivity (Wildman–Crippen MR) is 124 cm³/mol. The summed E-state index contributed by atoms with van der Waals surface area (Å²) in [6.07, 6.45) is 0. The number of hydrogen-bond donors (Lipinski definition) is 0. The maximum Gasteiger partial charge on any atom is 0.171 e. The van der Waals surface area contributed by atoms with E-state index < -0.39 is 0 Å². The van der Waals surface area contributed by atoms with Crippen LogP contribution in [-0.4, -0.2) is 0 Å². The molecule has 0 N–H and O–H groups in total. The molecule has 0 saturated carbocycles. The Morgan fingerprint density at radius 1 is 0.469 bits per heavy atom. The van der Waals surface area contributed by atoms with Gasteiger partial charge >= 0.3 is 0 Å². The summed E-state index contributed by atoms with van der Waals surface area (Å²) in [5.74, 6) is 2.01. The molecule has 0 aliphatic rings. The zero-order valence-corrected chi connectivity index (χ0v) is 16.9. The third-order valence-corrected chi connectivity index (χ3v) is 5.26. The number of hydrogen-bond acceptors (Lipinski definition) is 4. The molecule has 150 valence electrons. The van der Waals surface area contributed by atoms with Crippen LogP contribution in [0.4, 0.5) is 0 Å². The van der Waals surface area contributed by atoms with Crippen LogP contribution in [0.1, 0.15) is 11.1 Å². The standard InChI is InChI=1S/C28H16N2O2/c29-17-21-15-27(31-25-13-5-9-19-7-1-3-11-23(19)25)28(16-22(21)18-30)32-26-14-6-10-20-8-2-4-12-24(20)26/h1-16H. The molecule has 0 unspecified atom stereocenters. The van der Waals surface area contributed by atoms with Gasteiger partial charge in [0.05, 0.1) is 11.1 Å². The van der Waals surface area contributed by atoms with E-state index in [0.29, 0.717) is 23.0 Å². The van der Waals surface area contributed by atoms with E-state index in [2.05, 4.69) is 12.1 Å². The smallest absolute Gasteiger partial charge is 0.171 e. The zero-order chi connectivity index (χ0) is 21.9. The molecule has 0 aliphatic heterocycles. The van der Waals surface area contributed by atoms with Crippen LogP contribution in [0.2, 0.25) is 0 Å². The molecule has 32 heavy (non-hydrogen) atoms. The summed E-state index contributed by atoms with van der Waals surface area (Å²) in [7, 11) is 0. The first-order chi connectivity index (χ1) is 15.8. The molecule has 0 aromatic heterocycles. The van der Waals surface area contributed by atoms with Crippen molar-refractivity contribution in [3.05, 3.63) is 108 Å². The Bertz CT molecular complexity index is 1430. The summed E-state index contributed by atoms with van der Waals surface area (Å²) in [5.41, 5.74) is 0.459. The highest BCUT2D eigenvalue weighted by Gasteiger charge is 2.16. The summed E-state index contributed by atoms with van der Waals surface area (Å²) in [5, 5.41) is 23.0.